The average Bonchev–Trinajstić information content (AvgIpc) is 2.41. The summed E-state index contributed by atoms with van der Waals surface area (Å²) in [7, 11) is 0. The molecule has 1 aliphatic rings. The molecule has 1 saturated carbocycles. The molecule has 0 atom stereocenters. The fourth-order valence-electron chi connectivity index (χ4n) is 2.97. The van der Waals surface area contributed by atoms with Crippen LogP contribution in [0.1, 0.15) is 69.9 Å². The maximum absolute atomic E-state index is 4.31. The fraction of sp³-hybridized carbons (Fsp3) is 0.733. The molecule has 100 valence electrons. The number of aromatic nitrogens is 2. The molecular weight excluding hydrogens is 288 g/mol. The molecule has 1 fully saturated rings. The minimum atomic E-state index is 0.646. The van der Waals surface area contributed by atoms with Crippen molar-refractivity contribution in [3.8, 4) is 0 Å². The number of hydrogen-bond donors (Lipinski definition) is 0. The van der Waals surface area contributed by atoms with Crippen molar-refractivity contribution in [1.29, 1.82) is 0 Å². The minimum Gasteiger partial charge on any atom is -0.154 e. The first-order chi connectivity index (χ1) is 8.79. The maximum Gasteiger partial charge on any atom is 0.128 e. The first-order valence-corrected chi connectivity index (χ1v) is 8.08. The third kappa shape index (κ3) is 4.04. The average molecular weight is 311 g/mol. The van der Waals surface area contributed by atoms with Gasteiger partial charge < -0.3 is 0 Å². The van der Waals surface area contributed by atoms with E-state index >= 15 is 0 Å². The normalized spacial score (nSPS) is 24.1. The van der Waals surface area contributed by atoms with Gasteiger partial charge in [0.15, 0.2) is 0 Å². The molecule has 0 amide bonds. The molecule has 3 heteroatoms. The third-order valence-electron chi connectivity index (χ3n) is 4.13. The lowest BCUT2D eigenvalue weighted by molar-refractivity contribution is 0.299. The number of halogens is 1. The Morgan fingerprint density at radius 1 is 1.11 bits per heavy atom. The van der Waals surface area contributed by atoms with Crippen molar-refractivity contribution in [3.63, 3.8) is 0 Å². The molecule has 0 aliphatic heterocycles. The van der Waals surface area contributed by atoms with Crippen molar-refractivity contribution < 1.29 is 0 Å². The Balaban J connectivity index is 1.77. The van der Waals surface area contributed by atoms with Crippen LogP contribution in [-0.4, -0.2) is 10.2 Å². The van der Waals surface area contributed by atoms with Gasteiger partial charge in [-0.05, 0) is 59.7 Å². The van der Waals surface area contributed by atoms with Crippen LogP contribution >= 0.6 is 15.9 Å². The molecular formula is C15H23BrN2. The molecule has 1 aromatic heterocycles. The predicted octanol–water partition coefficient (Wildman–Crippen LogP) is 5.09. The minimum absolute atomic E-state index is 0.646. The van der Waals surface area contributed by atoms with Gasteiger partial charge in [-0.15, -0.1) is 5.10 Å². The van der Waals surface area contributed by atoms with Gasteiger partial charge in [-0.25, -0.2) is 0 Å². The SMILES string of the molecule is CCCCC[C@H]1CC[C@H](c2ccc(Br)nn2)CC1. The van der Waals surface area contributed by atoms with Crippen LogP contribution in [0.5, 0.6) is 0 Å². The fourth-order valence-corrected chi connectivity index (χ4v) is 3.19. The first-order valence-electron chi connectivity index (χ1n) is 7.28. The summed E-state index contributed by atoms with van der Waals surface area (Å²) in [6.45, 7) is 2.28. The Morgan fingerprint density at radius 2 is 1.89 bits per heavy atom. The Hall–Kier alpha value is -0.440. The quantitative estimate of drug-likeness (QED) is 0.708. The molecule has 0 aromatic carbocycles. The first kappa shape index (κ1) is 14.0. The van der Waals surface area contributed by atoms with Gasteiger partial charge in [0.05, 0.1) is 5.69 Å². The summed E-state index contributed by atoms with van der Waals surface area (Å²) in [6.07, 6.45) is 11.0. The van der Waals surface area contributed by atoms with Crippen LogP contribution in [0.3, 0.4) is 0 Å². The highest BCUT2D eigenvalue weighted by atomic mass is 79.9. The van der Waals surface area contributed by atoms with Gasteiger partial charge in [-0.3, -0.25) is 0 Å². The van der Waals surface area contributed by atoms with Gasteiger partial charge >= 0.3 is 0 Å². The molecule has 0 spiro atoms. The summed E-state index contributed by atoms with van der Waals surface area (Å²) < 4.78 is 0.833. The van der Waals surface area contributed by atoms with Crippen LogP contribution in [0.4, 0.5) is 0 Å². The predicted molar refractivity (Wildman–Crippen MR) is 78.6 cm³/mol. The zero-order valence-electron chi connectivity index (χ0n) is 11.2. The van der Waals surface area contributed by atoms with E-state index in [4.69, 9.17) is 0 Å². The lowest BCUT2D eigenvalue weighted by atomic mass is 9.78. The second-order valence-electron chi connectivity index (χ2n) is 5.49. The van der Waals surface area contributed by atoms with Gasteiger partial charge in [0.2, 0.25) is 0 Å². The Bertz CT molecular complexity index is 342. The third-order valence-corrected chi connectivity index (χ3v) is 4.56. The van der Waals surface area contributed by atoms with Crippen LogP contribution in [0.25, 0.3) is 0 Å². The van der Waals surface area contributed by atoms with Crippen molar-refractivity contribution in [3.05, 3.63) is 22.4 Å². The van der Waals surface area contributed by atoms with E-state index in [2.05, 4.69) is 39.1 Å². The number of nitrogens with zero attached hydrogens (tertiary/aromatic N) is 2. The van der Waals surface area contributed by atoms with E-state index in [1.54, 1.807) is 0 Å². The number of rotatable bonds is 5. The highest BCUT2D eigenvalue weighted by molar-refractivity contribution is 9.10. The zero-order chi connectivity index (χ0) is 12.8. The van der Waals surface area contributed by atoms with E-state index in [1.807, 2.05) is 6.07 Å². The Labute approximate surface area is 119 Å². The van der Waals surface area contributed by atoms with Gasteiger partial charge in [0.1, 0.15) is 4.60 Å². The van der Waals surface area contributed by atoms with Crippen LogP contribution in [0.15, 0.2) is 16.7 Å². The number of hydrogen-bond acceptors (Lipinski definition) is 2. The molecule has 1 aliphatic carbocycles. The molecule has 0 bridgehead atoms. The summed E-state index contributed by atoms with van der Waals surface area (Å²) in [5.41, 5.74) is 1.19. The van der Waals surface area contributed by atoms with Crippen LogP contribution in [-0.2, 0) is 0 Å². The molecule has 0 N–H and O–H groups in total. The number of unbranched alkanes of at least 4 members (excludes halogenated alkanes) is 2. The van der Waals surface area contributed by atoms with E-state index in [0.717, 1.165) is 10.5 Å². The highest BCUT2D eigenvalue weighted by Gasteiger charge is 2.23. The molecule has 18 heavy (non-hydrogen) atoms. The van der Waals surface area contributed by atoms with Crippen molar-refractivity contribution >= 4 is 15.9 Å². The monoisotopic (exact) mass is 310 g/mol. The van der Waals surface area contributed by atoms with Crippen LogP contribution in [0.2, 0.25) is 0 Å². The second-order valence-corrected chi connectivity index (χ2v) is 6.31. The standard InChI is InChI=1S/C15H23BrN2/c1-2-3-4-5-12-6-8-13(9-7-12)14-10-11-15(16)18-17-14/h10-13H,2-9H2,1H3/t12-,13-. The van der Waals surface area contributed by atoms with E-state index in [0.29, 0.717) is 5.92 Å². The Kier molecular flexibility index (Phi) is 5.61. The lowest BCUT2D eigenvalue weighted by Crippen LogP contribution is -2.14. The molecule has 0 radical (unpaired) electrons. The smallest absolute Gasteiger partial charge is 0.128 e. The van der Waals surface area contributed by atoms with Crippen molar-refractivity contribution in [2.75, 3.05) is 0 Å². The molecule has 0 saturated heterocycles. The Morgan fingerprint density at radius 3 is 2.50 bits per heavy atom. The zero-order valence-corrected chi connectivity index (χ0v) is 12.8. The van der Waals surface area contributed by atoms with E-state index in [9.17, 15) is 0 Å². The highest BCUT2D eigenvalue weighted by Crippen LogP contribution is 2.36. The van der Waals surface area contributed by atoms with E-state index in [-0.39, 0.29) is 0 Å². The van der Waals surface area contributed by atoms with Crippen molar-refractivity contribution in [1.82, 2.24) is 10.2 Å². The summed E-state index contributed by atoms with van der Waals surface area (Å²) in [5, 5.41) is 8.41. The van der Waals surface area contributed by atoms with E-state index < -0.39 is 0 Å². The molecule has 1 heterocycles. The van der Waals surface area contributed by atoms with Crippen LogP contribution < -0.4 is 0 Å². The lowest BCUT2D eigenvalue weighted by Gasteiger charge is -2.27. The topological polar surface area (TPSA) is 25.8 Å². The van der Waals surface area contributed by atoms with Gasteiger partial charge in [0.25, 0.3) is 0 Å². The second kappa shape index (κ2) is 7.22. The van der Waals surface area contributed by atoms with E-state index in [1.165, 1.54) is 57.1 Å². The summed E-state index contributed by atoms with van der Waals surface area (Å²) in [6, 6.07) is 4.13. The summed E-state index contributed by atoms with van der Waals surface area (Å²) >= 11 is 3.34. The van der Waals surface area contributed by atoms with Gasteiger partial charge in [-0.2, -0.15) is 5.10 Å². The molecule has 0 unspecified atom stereocenters. The summed E-state index contributed by atoms with van der Waals surface area (Å²) in [4.78, 5) is 0. The molecule has 2 nitrogen and oxygen atoms in total. The molecule has 2 rings (SSSR count). The largest absolute Gasteiger partial charge is 0.154 e. The van der Waals surface area contributed by atoms with Crippen molar-refractivity contribution in [2.24, 2.45) is 5.92 Å². The summed E-state index contributed by atoms with van der Waals surface area (Å²) in [5.74, 6) is 1.62. The maximum atomic E-state index is 4.31. The van der Waals surface area contributed by atoms with Crippen LogP contribution in [0, 0.1) is 5.92 Å². The van der Waals surface area contributed by atoms with Crippen molar-refractivity contribution in [2.45, 2.75) is 64.2 Å². The molecule has 1 aromatic rings. The van der Waals surface area contributed by atoms with Gasteiger partial charge in [-0.1, -0.05) is 32.6 Å². The van der Waals surface area contributed by atoms with Gasteiger partial charge in [0, 0.05) is 5.92 Å².